The monoisotopic (exact) mass is 470 g/mol. The highest BCUT2D eigenvalue weighted by Crippen LogP contribution is 2.25. The molecule has 0 spiro atoms. The molecule has 32 heavy (non-hydrogen) atoms. The van der Waals surface area contributed by atoms with Gasteiger partial charge in [0.05, 0.1) is 10.0 Å². The highest BCUT2D eigenvalue weighted by atomic mass is 35.5. The Hall–Kier alpha value is -3.55. The average molecular weight is 471 g/mol. The van der Waals surface area contributed by atoms with Gasteiger partial charge in [-0.05, 0) is 54.6 Å². The number of benzene rings is 3. The molecule has 0 aliphatic heterocycles. The van der Waals surface area contributed by atoms with E-state index < -0.39 is 6.03 Å². The summed E-state index contributed by atoms with van der Waals surface area (Å²) in [4.78, 5) is 36.3. The van der Waals surface area contributed by atoms with Gasteiger partial charge < -0.3 is 21.3 Å². The molecule has 0 saturated heterocycles. The first-order valence-electron chi connectivity index (χ1n) is 9.67. The summed E-state index contributed by atoms with van der Waals surface area (Å²) in [5.74, 6) is -0.486. The summed E-state index contributed by atoms with van der Waals surface area (Å²) in [6.07, 6.45) is 0. The third-order valence-electron chi connectivity index (χ3n) is 4.31. The lowest BCUT2D eigenvalue weighted by Crippen LogP contribution is -2.34. The number of hydrogen-bond acceptors (Lipinski definition) is 3. The molecule has 164 valence electrons. The second-order valence-corrected chi connectivity index (χ2v) is 7.48. The van der Waals surface area contributed by atoms with E-state index in [1.54, 1.807) is 66.7 Å². The lowest BCUT2D eigenvalue weighted by Gasteiger charge is -2.10. The number of anilines is 2. The maximum Gasteiger partial charge on any atom is 0.323 e. The largest absolute Gasteiger partial charge is 0.350 e. The molecule has 3 aromatic rings. The number of halogens is 2. The first-order valence-corrected chi connectivity index (χ1v) is 10.4. The van der Waals surface area contributed by atoms with Gasteiger partial charge in [0.15, 0.2) is 0 Å². The Morgan fingerprint density at radius 3 is 1.75 bits per heavy atom. The molecule has 0 fully saturated rings. The number of carbonyl (C=O) groups is 3. The molecule has 7 nitrogen and oxygen atoms in total. The van der Waals surface area contributed by atoms with Crippen molar-refractivity contribution in [2.75, 3.05) is 23.7 Å². The number of nitrogens with one attached hydrogen (secondary N) is 4. The third kappa shape index (κ3) is 6.73. The molecule has 9 heteroatoms. The van der Waals surface area contributed by atoms with Crippen molar-refractivity contribution in [2.45, 2.75) is 0 Å². The maximum atomic E-state index is 12.2. The van der Waals surface area contributed by atoms with E-state index in [4.69, 9.17) is 23.2 Å². The Morgan fingerprint density at radius 1 is 0.625 bits per heavy atom. The number of urea groups is 1. The van der Waals surface area contributed by atoms with E-state index in [2.05, 4.69) is 21.3 Å². The van der Waals surface area contributed by atoms with Crippen LogP contribution in [0.25, 0.3) is 0 Å². The van der Waals surface area contributed by atoms with Crippen LogP contribution in [-0.2, 0) is 0 Å². The van der Waals surface area contributed by atoms with Crippen LogP contribution in [0.3, 0.4) is 0 Å². The van der Waals surface area contributed by atoms with Gasteiger partial charge in [0.2, 0.25) is 0 Å². The fourth-order valence-electron chi connectivity index (χ4n) is 2.72. The van der Waals surface area contributed by atoms with Crippen LogP contribution in [0.4, 0.5) is 16.2 Å². The summed E-state index contributed by atoms with van der Waals surface area (Å²) in [5.41, 5.74) is 1.99. The lowest BCUT2D eigenvalue weighted by atomic mass is 10.2. The first-order chi connectivity index (χ1) is 15.4. The van der Waals surface area contributed by atoms with Gasteiger partial charge in [0.25, 0.3) is 11.8 Å². The number of hydrogen-bond donors (Lipinski definition) is 4. The van der Waals surface area contributed by atoms with Crippen LogP contribution in [-0.4, -0.2) is 30.9 Å². The van der Waals surface area contributed by atoms with E-state index >= 15 is 0 Å². The highest BCUT2D eigenvalue weighted by molar-refractivity contribution is 6.42. The predicted octanol–water partition coefficient (Wildman–Crippen LogP) is 4.80. The molecule has 0 saturated carbocycles. The summed E-state index contributed by atoms with van der Waals surface area (Å²) < 4.78 is 0. The van der Waals surface area contributed by atoms with E-state index in [1.807, 2.05) is 6.07 Å². The van der Waals surface area contributed by atoms with Crippen LogP contribution in [0.1, 0.15) is 20.7 Å². The zero-order chi connectivity index (χ0) is 22.9. The molecule has 3 aromatic carbocycles. The fourth-order valence-corrected chi connectivity index (χ4v) is 3.02. The topological polar surface area (TPSA) is 99.3 Å². The van der Waals surface area contributed by atoms with Gasteiger partial charge in [0.1, 0.15) is 0 Å². The molecule has 0 unspecified atom stereocenters. The number of rotatable bonds is 7. The van der Waals surface area contributed by atoms with Gasteiger partial charge in [-0.1, -0.05) is 41.4 Å². The molecule has 0 atom stereocenters. The van der Waals surface area contributed by atoms with Crippen molar-refractivity contribution >= 4 is 52.4 Å². The minimum Gasteiger partial charge on any atom is -0.350 e. The molecule has 4 amide bonds. The quantitative estimate of drug-likeness (QED) is 0.373. The molecule has 0 aliphatic rings. The zero-order valence-corrected chi connectivity index (χ0v) is 18.3. The molecule has 0 heterocycles. The normalized spacial score (nSPS) is 10.2. The minimum absolute atomic E-state index is 0.200. The number of amides is 4. The van der Waals surface area contributed by atoms with Gasteiger partial charge >= 0.3 is 6.03 Å². The Balaban J connectivity index is 1.43. The number of carbonyl (C=O) groups excluding carboxylic acids is 3. The Labute approximate surface area is 195 Å². The minimum atomic E-state index is -0.463. The van der Waals surface area contributed by atoms with Crippen LogP contribution in [0, 0.1) is 0 Å². The molecule has 0 aliphatic carbocycles. The summed E-state index contributed by atoms with van der Waals surface area (Å²) in [7, 11) is 0. The van der Waals surface area contributed by atoms with Crippen LogP contribution < -0.4 is 21.3 Å². The second-order valence-electron chi connectivity index (χ2n) is 6.66. The van der Waals surface area contributed by atoms with Crippen LogP contribution in [0.5, 0.6) is 0 Å². The standard InChI is InChI=1S/C23H20Cl2N4O3/c24-19-11-10-18(14-20(19)25)29-23(32)28-17-8-6-16(7-9-17)22(31)27-13-12-26-21(30)15-4-2-1-3-5-15/h1-11,14H,12-13H2,(H,26,30)(H,27,31)(H2,28,29,32). The van der Waals surface area contributed by atoms with Gasteiger partial charge in [-0.25, -0.2) is 4.79 Å². The Kier molecular flexibility index (Phi) is 8.08. The van der Waals surface area contributed by atoms with E-state index in [1.165, 1.54) is 0 Å². The summed E-state index contributed by atoms with van der Waals surface area (Å²) in [6, 6.07) is 19.5. The predicted molar refractivity (Wildman–Crippen MR) is 127 cm³/mol. The van der Waals surface area contributed by atoms with Crippen molar-refractivity contribution in [1.82, 2.24) is 10.6 Å². The molecule has 4 N–H and O–H groups in total. The van der Waals surface area contributed by atoms with Gasteiger partial charge in [-0.15, -0.1) is 0 Å². The van der Waals surface area contributed by atoms with Gasteiger partial charge in [0, 0.05) is 35.6 Å². The van der Waals surface area contributed by atoms with E-state index in [0.717, 1.165) is 0 Å². The third-order valence-corrected chi connectivity index (χ3v) is 5.05. The van der Waals surface area contributed by atoms with Gasteiger partial charge in [-0.3, -0.25) is 9.59 Å². The van der Waals surface area contributed by atoms with Crippen molar-refractivity contribution in [3.05, 3.63) is 94.0 Å². The van der Waals surface area contributed by atoms with E-state index in [0.29, 0.717) is 39.1 Å². The molecular formula is C23H20Cl2N4O3. The zero-order valence-electron chi connectivity index (χ0n) is 16.8. The summed E-state index contributed by atoms with van der Waals surface area (Å²) in [5, 5.41) is 11.5. The smallest absolute Gasteiger partial charge is 0.323 e. The average Bonchev–Trinajstić information content (AvgIpc) is 2.80. The molecular weight excluding hydrogens is 451 g/mol. The van der Waals surface area contributed by atoms with Crippen molar-refractivity contribution in [2.24, 2.45) is 0 Å². The molecule has 0 aromatic heterocycles. The lowest BCUT2D eigenvalue weighted by molar-refractivity contribution is 0.0927. The maximum absolute atomic E-state index is 12.2. The van der Waals surface area contributed by atoms with E-state index in [9.17, 15) is 14.4 Å². The van der Waals surface area contributed by atoms with Crippen molar-refractivity contribution < 1.29 is 14.4 Å². The Morgan fingerprint density at radius 2 is 1.16 bits per heavy atom. The van der Waals surface area contributed by atoms with Crippen LogP contribution in [0.15, 0.2) is 72.8 Å². The van der Waals surface area contributed by atoms with Gasteiger partial charge in [-0.2, -0.15) is 0 Å². The summed E-state index contributed by atoms with van der Waals surface area (Å²) in [6.45, 7) is 0.581. The fraction of sp³-hybridized carbons (Fsp3) is 0.0870. The van der Waals surface area contributed by atoms with Crippen molar-refractivity contribution in [1.29, 1.82) is 0 Å². The SMILES string of the molecule is O=C(Nc1ccc(C(=O)NCCNC(=O)c2ccccc2)cc1)Nc1ccc(Cl)c(Cl)c1. The Bertz CT molecular complexity index is 1110. The van der Waals surface area contributed by atoms with E-state index in [-0.39, 0.29) is 18.4 Å². The van der Waals surface area contributed by atoms with Crippen LogP contribution >= 0.6 is 23.2 Å². The van der Waals surface area contributed by atoms with Crippen molar-refractivity contribution in [3.8, 4) is 0 Å². The second kappa shape index (κ2) is 11.2. The highest BCUT2D eigenvalue weighted by Gasteiger charge is 2.08. The van der Waals surface area contributed by atoms with Crippen molar-refractivity contribution in [3.63, 3.8) is 0 Å². The molecule has 0 radical (unpaired) electrons. The first kappa shape index (κ1) is 23.1. The molecule has 0 bridgehead atoms. The van der Waals surface area contributed by atoms with Crippen LogP contribution in [0.2, 0.25) is 10.0 Å². The summed E-state index contributed by atoms with van der Waals surface area (Å²) >= 11 is 11.8. The molecule has 3 rings (SSSR count).